The molecule has 7 heteroatoms. The summed E-state index contributed by atoms with van der Waals surface area (Å²) in [6.07, 6.45) is 0.691. The van der Waals surface area contributed by atoms with Crippen LogP contribution in [0.25, 0.3) is 0 Å². The molecular weight excluding hydrogens is 292 g/mol. The number of fused-ring (bicyclic) bond motifs is 1. The van der Waals surface area contributed by atoms with Gasteiger partial charge in [-0.05, 0) is 31.0 Å². The quantitative estimate of drug-likeness (QED) is 0.887. The molecule has 6 nitrogen and oxygen atoms in total. The molecule has 112 valence electrons. The summed E-state index contributed by atoms with van der Waals surface area (Å²) < 4.78 is 5.28. The number of cyclic esters (lactones) is 1. The second-order valence-corrected chi connectivity index (χ2v) is 6.02. The Morgan fingerprint density at radius 3 is 3.10 bits per heavy atom. The molecule has 1 aromatic rings. The number of nitrogens with one attached hydrogen (secondary N) is 1. The minimum atomic E-state index is -0.382. The van der Waals surface area contributed by atoms with Crippen molar-refractivity contribution in [3.8, 4) is 0 Å². The molecule has 21 heavy (non-hydrogen) atoms. The van der Waals surface area contributed by atoms with E-state index in [-0.39, 0.29) is 24.7 Å². The number of hydrogen-bond donors (Lipinski definition) is 2. The van der Waals surface area contributed by atoms with Crippen molar-refractivity contribution in [1.29, 1.82) is 0 Å². The topological polar surface area (TPSA) is 78.9 Å². The van der Waals surface area contributed by atoms with E-state index < -0.39 is 0 Å². The van der Waals surface area contributed by atoms with Crippen LogP contribution >= 0.6 is 11.8 Å². The van der Waals surface area contributed by atoms with Gasteiger partial charge in [-0.25, -0.2) is 4.79 Å². The van der Waals surface area contributed by atoms with Crippen molar-refractivity contribution in [1.82, 2.24) is 0 Å². The fraction of sp³-hybridized carbons (Fsp3) is 0.429. The Balaban J connectivity index is 1.76. The maximum absolute atomic E-state index is 11.9. The number of amides is 2. The zero-order chi connectivity index (χ0) is 14.8. The molecule has 0 aromatic heterocycles. The lowest BCUT2D eigenvalue weighted by Crippen LogP contribution is -2.25. The van der Waals surface area contributed by atoms with Crippen LogP contribution in [0.2, 0.25) is 0 Å². The van der Waals surface area contributed by atoms with Gasteiger partial charge in [0.1, 0.15) is 6.10 Å². The minimum absolute atomic E-state index is 0.0329. The molecule has 1 unspecified atom stereocenters. The van der Waals surface area contributed by atoms with Crippen LogP contribution in [0.5, 0.6) is 0 Å². The van der Waals surface area contributed by atoms with Crippen LogP contribution < -0.4 is 10.2 Å². The molecule has 1 fully saturated rings. The first-order chi connectivity index (χ1) is 10.2. The van der Waals surface area contributed by atoms with Crippen molar-refractivity contribution in [2.24, 2.45) is 0 Å². The van der Waals surface area contributed by atoms with Crippen LogP contribution in [0.4, 0.5) is 16.2 Å². The van der Waals surface area contributed by atoms with Crippen molar-refractivity contribution < 1.29 is 19.4 Å². The van der Waals surface area contributed by atoms with Gasteiger partial charge in [0.2, 0.25) is 5.91 Å². The van der Waals surface area contributed by atoms with E-state index in [0.717, 1.165) is 10.6 Å². The molecule has 0 spiro atoms. The second kappa shape index (κ2) is 5.95. The largest absolute Gasteiger partial charge is 0.444 e. The average molecular weight is 308 g/mol. The van der Waals surface area contributed by atoms with Gasteiger partial charge in [0, 0.05) is 17.2 Å². The molecule has 1 saturated heterocycles. The van der Waals surface area contributed by atoms with E-state index >= 15 is 0 Å². The summed E-state index contributed by atoms with van der Waals surface area (Å²) in [7, 11) is 0. The summed E-state index contributed by atoms with van der Waals surface area (Å²) in [5.41, 5.74) is 1.45. The molecule has 0 bridgehead atoms. The zero-order valence-corrected chi connectivity index (χ0v) is 12.2. The number of aliphatic hydroxyl groups excluding tert-OH is 1. The number of ether oxygens (including phenoxy) is 1. The number of anilines is 2. The Morgan fingerprint density at radius 2 is 2.29 bits per heavy atom. The summed E-state index contributed by atoms with van der Waals surface area (Å²) in [5.74, 6) is 0.385. The molecule has 0 aliphatic carbocycles. The monoisotopic (exact) mass is 308 g/mol. The summed E-state index contributed by atoms with van der Waals surface area (Å²) in [6.45, 7) is 0.564. The van der Waals surface area contributed by atoms with E-state index in [1.807, 2.05) is 12.1 Å². The van der Waals surface area contributed by atoms with Gasteiger partial charge < -0.3 is 15.2 Å². The van der Waals surface area contributed by atoms with Crippen LogP contribution in [0.3, 0.4) is 0 Å². The number of nitrogens with zero attached hydrogens (tertiary/aromatic N) is 1. The van der Waals surface area contributed by atoms with E-state index in [1.165, 1.54) is 11.8 Å². The van der Waals surface area contributed by atoms with Gasteiger partial charge >= 0.3 is 6.09 Å². The summed E-state index contributed by atoms with van der Waals surface area (Å²) in [4.78, 5) is 25.9. The number of aliphatic hydroxyl groups is 1. The maximum Gasteiger partial charge on any atom is 0.414 e. The van der Waals surface area contributed by atoms with Gasteiger partial charge in [-0.1, -0.05) is 0 Å². The third kappa shape index (κ3) is 2.98. The molecule has 2 aliphatic rings. The number of carbonyl (C=O) groups excluding carboxylic acids is 2. The van der Waals surface area contributed by atoms with E-state index in [9.17, 15) is 9.59 Å². The highest BCUT2D eigenvalue weighted by Gasteiger charge is 2.32. The Kier molecular flexibility index (Phi) is 4.03. The van der Waals surface area contributed by atoms with Crippen LogP contribution in [-0.4, -0.2) is 42.1 Å². The normalized spacial score (nSPS) is 21.0. The lowest BCUT2D eigenvalue weighted by molar-refractivity contribution is -0.113. The highest BCUT2D eigenvalue weighted by Crippen LogP contribution is 2.35. The Morgan fingerprint density at radius 1 is 1.43 bits per heavy atom. The molecular formula is C14H16N2O4S. The fourth-order valence-electron chi connectivity index (χ4n) is 2.44. The van der Waals surface area contributed by atoms with Crippen molar-refractivity contribution in [2.45, 2.75) is 23.8 Å². The van der Waals surface area contributed by atoms with Crippen LogP contribution in [0.15, 0.2) is 23.1 Å². The number of carbonyl (C=O) groups is 2. The standard InChI is InChI=1S/C14H16N2O4S/c17-5-1-2-10-7-16(14(19)20-10)9-3-4-12-11(6-9)15-13(18)8-21-12/h3-4,6,10,17H,1-2,5,7-8H2,(H,15,18). The smallest absolute Gasteiger partial charge is 0.414 e. The molecule has 2 amide bonds. The van der Waals surface area contributed by atoms with Gasteiger partial charge in [-0.3, -0.25) is 9.69 Å². The van der Waals surface area contributed by atoms with Gasteiger partial charge in [-0.2, -0.15) is 0 Å². The first kappa shape index (κ1) is 14.2. The predicted molar refractivity (Wildman–Crippen MR) is 79.7 cm³/mol. The average Bonchev–Trinajstić information content (AvgIpc) is 2.85. The lowest BCUT2D eigenvalue weighted by atomic mass is 10.2. The highest BCUT2D eigenvalue weighted by atomic mass is 32.2. The van der Waals surface area contributed by atoms with Crippen molar-refractivity contribution >= 4 is 35.1 Å². The Hall–Kier alpha value is -1.73. The molecule has 0 saturated carbocycles. The van der Waals surface area contributed by atoms with Gasteiger partial charge in [0.15, 0.2) is 0 Å². The van der Waals surface area contributed by atoms with Crippen molar-refractivity contribution in [2.75, 3.05) is 29.1 Å². The first-order valence-corrected chi connectivity index (χ1v) is 7.81. The molecule has 1 aromatic carbocycles. The summed E-state index contributed by atoms with van der Waals surface area (Å²) in [6, 6.07) is 5.57. The van der Waals surface area contributed by atoms with E-state index in [4.69, 9.17) is 9.84 Å². The van der Waals surface area contributed by atoms with Crippen molar-refractivity contribution in [3.63, 3.8) is 0 Å². The molecule has 1 atom stereocenters. The molecule has 2 aliphatic heterocycles. The summed E-state index contributed by atoms with van der Waals surface area (Å²) >= 11 is 1.49. The first-order valence-electron chi connectivity index (χ1n) is 6.83. The second-order valence-electron chi connectivity index (χ2n) is 5.00. The number of thioether (sulfide) groups is 1. The SMILES string of the molecule is O=C1CSc2ccc(N3CC(CCCO)OC3=O)cc2N1. The van der Waals surface area contributed by atoms with Crippen LogP contribution in [0.1, 0.15) is 12.8 Å². The molecule has 3 rings (SSSR count). The molecule has 2 N–H and O–H groups in total. The van der Waals surface area contributed by atoms with E-state index in [0.29, 0.717) is 30.8 Å². The van der Waals surface area contributed by atoms with Crippen LogP contribution in [-0.2, 0) is 9.53 Å². The number of benzene rings is 1. The zero-order valence-electron chi connectivity index (χ0n) is 11.4. The van der Waals surface area contributed by atoms with Gasteiger partial charge in [0.25, 0.3) is 0 Å². The lowest BCUT2D eigenvalue weighted by Gasteiger charge is -2.19. The Bertz CT molecular complexity index is 578. The van der Waals surface area contributed by atoms with E-state index in [2.05, 4.69) is 5.32 Å². The third-order valence-corrected chi connectivity index (χ3v) is 4.54. The maximum atomic E-state index is 11.9. The van der Waals surface area contributed by atoms with Gasteiger partial charge in [0.05, 0.1) is 18.0 Å². The predicted octanol–water partition coefficient (Wildman–Crippen LogP) is 1.83. The Labute approximate surface area is 126 Å². The number of rotatable bonds is 4. The fourth-order valence-corrected chi connectivity index (χ4v) is 3.23. The minimum Gasteiger partial charge on any atom is -0.444 e. The van der Waals surface area contributed by atoms with E-state index in [1.54, 1.807) is 11.0 Å². The third-order valence-electron chi connectivity index (χ3n) is 3.47. The van der Waals surface area contributed by atoms with Crippen molar-refractivity contribution in [3.05, 3.63) is 18.2 Å². The molecule has 0 radical (unpaired) electrons. The van der Waals surface area contributed by atoms with Gasteiger partial charge in [-0.15, -0.1) is 11.8 Å². The molecule has 2 heterocycles. The number of hydrogen-bond acceptors (Lipinski definition) is 5. The highest BCUT2D eigenvalue weighted by molar-refractivity contribution is 8.00. The summed E-state index contributed by atoms with van der Waals surface area (Å²) in [5, 5.41) is 11.6. The van der Waals surface area contributed by atoms with Crippen LogP contribution in [0, 0.1) is 0 Å².